The zero-order chi connectivity index (χ0) is 33.7. The van der Waals surface area contributed by atoms with Gasteiger partial charge in [0.15, 0.2) is 5.78 Å². The number of benzene rings is 1. The molecule has 0 bridgehead atoms. The van der Waals surface area contributed by atoms with Crippen LogP contribution in [-0.2, 0) is 28.7 Å². The Hall–Kier alpha value is -3.42. The molecule has 0 saturated carbocycles. The van der Waals surface area contributed by atoms with Crippen LogP contribution in [0.4, 0.5) is 19.0 Å². The summed E-state index contributed by atoms with van der Waals surface area (Å²) in [4.78, 5) is 46.5. The van der Waals surface area contributed by atoms with Crippen molar-refractivity contribution in [3.05, 3.63) is 57.3 Å². The zero-order valence-electron chi connectivity index (χ0n) is 27.5. The Morgan fingerprint density at radius 3 is 2.51 bits per heavy atom. The van der Waals surface area contributed by atoms with E-state index in [4.69, 9.17) is 9.72 Å². The minimum atomic E-state index is -4.48. The van der Waals surface area contributed by atoms with Gasteiger partial charge in [0, 0.05) is 49.2 Å². The second-order valence-electron chi connectivity index (χ2n) is 12.3. The number of ether oxygens (including phenoxy) is 1. The van der Waals surface area contributed by atoms with Crippen molar-refractivity contribution in [1.29, 1.82) is 0 Å². The van der Waals surface area contributed by atoms with Crippen LogP contribution in [0, 0.1) is 6.92 Å². The van der Waals surface area contributed by atoms with Crippen LogP contribution in [-0.4, -0.2) is 87.9 Å². The van der Waals surface area contributed by atoms with Gasteiger partial charge in [0.25, 0.3) is 0 Å². The van der Waals surface area contributed by atoms with Crippen molar-refractivity contribution in [3.8, 4) is 11.3 Å². The highest BCUT2D eigenvalue weighted by molar-refractivity contribution is 7.12. The average Bonchev–Trinajstić information content (AvgIpc) is 3.67. The number of halogens is 3. The maximum atomic E-state index is 13.8. The molecule has 2 saturated heterocycles. The Morgan fingerprint density at radius 1 is 1.09 bits per heavy atom. The Kier molecular flexibility index (Phi) is 11.3. The van der Waals surface area contributed by atoms with E-state index in [0.29, 0.717) is 67.5 Å². The fourth-order valence-electron chi connectivity index (χ4n) is 6.44. The van der Waals surface area contributed by atoms with E-state index in [9.17, 15) is 22.8 Å². The Labute approximate surface area is 278 Å². The monoisotopic (exact) mass is 672 g/mol. The van der Waals surface area contributed by atoms with Gasteiger partial charge in [-0.1, -0.05) is 25.5 Å². The van der Waals surface area contributed by atoms with E-state index in [1.54, 1.807) is 19.2 Å². The first kappa shape index (κ1) is 34.9. The number of nitrogens with zero attached hydrogens (tertiary/aromatic N) is 6. The van der Waals surface area contributed by atoms with Crippen molar-refractivity contribution in [2.24, 2.45) is 0 Å². The molecule has 0 amide bonds. The van der Waals surface area contributed by atoms with E-state index in [2.05, 4.69) is 31.6 Å². The number of hydrogen-bond acceptors (Lipinski definition) is 10. The Bertz CT molecular complexity index is 1540. The highest BCUT2D eigenvalue weighted by Crippen LogP contribution is 2.38. The molecule has 2 fully saturated rings. The van der Waals surface area contributed by atoms with Crippen LogP contribution in [0.3, 0.4) is 0 Å². The number of carbonyl (C=O) groups excluding carboxylic acids is 2. The maximum Gasteiger partial charge on any atom is 0.416 e. The van der Waals surface area contributed by atoms with Crippen LogP contribution in [0.5, 0.6) is 0 Å². The number of ketones is 1. The van der Waals surface area contributed by atoms with E-state index in [-0.39, 0.29) is 35.5 Å². The molecule has 2 aliphatic heterocycles. The first-order chi connectivity index (χ1) is 22.5. The minimum Gasteiger partial charge on any atom is -0.465 e. The smallest absolute Gasteiger partial charge is 0.416 e. The van der Waals surface area contributed by atoms with Crippen LogP contribution >= 0.6 is 11.3 Å². The number of esters is 1. The van der Waals surface area contributed by atoms with Crippen molar-refractivity contribution in [1.82, 2.24) is 24.8 Å². The lowest BCUT2D eigenvalue weighted by Gasteiger charge is -2.37. The topological polar surface area (TPSA) is 91.8 Å². The normalized spacial score (nSPS) is 18.4. The molecule has 47 heavy (non-hydrogen) atoms. The van der Waals surface area contributed by atoms with Gasteiger partial charge < -0.3 is 9.64 Å². The number of alkyl halides is 3. The lowest BCUT2D eigenvalue weighted by molar-refractivity contribution is -0.149. The summed E-state index contributed by atoms with van der Waals surface area (Å²) in [5, 5.41) is 0.540. The van der Waals surface area contributed by atoms with Crippen LogP contribution in [0.2, 0.25) is 0 Å². The predicted molar refractivity (Wildman–Crippen MR) is 176 cm³/mol. The van der Waals surface area contributed by atoms with Gasteiger partial charge in [-0.2, -0.15) is 13.2 Å². The summed E-state index contributed by atoms with van der Waals surface area (Å²) in [7, 11) is 0. The highest BCUT2D eigenvalue weighted by Gasteiger charge is 2.34. The second-order valence-corrected chi connectivity index (χ2v) is 13.4. The van der Waals surface area contributed by atoms with Gasteiger partial charge in [0.05, 0.1) is 36.7 Å². The molecular formula is C34H43F3N6O3S. The molecule has 0 spiro atoms. The molecule has 3 aromatic rings. The van der Waals surface area contributed by atoms with E-state index >= 15 is 0 Å². The molecule has 0 N–H and O–H groups in total. The summed E-state index contributed by atoms with van der Waals surface area (Å²) in [5.74, 6) is 0.162. The fraction of sp³-hybridized carbons (Fsp3) is 0.559. The maximum absolute atomic E-state index is 13.8. The number of thiazole rings is 1. The van der Waals surface area contributed by atoms with E-state index in [1.807, 2.05) is 6.92 Å². The van der Waals surface area contributed by atoms with Gasteiger partial charge in [-0.25, -0.2) is 15.0 Å². The first-order valence-electron chi connectivity index (χ1n) is 16.4. The molecule has 5 rings (SSSR count). The third-order valence-electron chi connectivity index (χ3n) is 9.08. The number of anilines is 1. The summed E-state index contributed by atoms with van der Waals surface area (Å²) in [6.07, 6.45) is 2.88. The van der Waals surface area contributed by atoms with Crippen molar-refractivity contribution < 1.29 is 27.5 Å². The zero-order valence-corrected chi connectivity index (χ0v) is 28.3. The van der Waals surface area contributed by atoms with Crippen molar-refractivity contribution in [2.75, 3.05) is 44.2 Å². The number of aromatic nitrogens is 3. The number of rotatable bonds is 12. The molecule has 0 aliphatic carbocycles. The second kappa shape index (κ2) is 15.2. The van der Waals surface area contributed by atoms with Crippen molar-refractivity contribution in [3.63, 3.8) is 0 Å². The lowest BCUT2D eigenvalue weighted by atomic mass is 10.0. The summed E-state index contributed by atoms with van der Waals surface area (Å²) in [6.45, 7) is 11.8. The van der Waals surface area contributed by atoms with Crippen LogP contribution in [0.1, 0.15) is 78.0 Å². The molecule has 13 heteroatoms. The van der Waals surface area contributed by atoms with Crippen molar-refractivity contribution >= 4 is 28.9 Å². The number of hydrogen-bond donors (Lipinski definition) is 0. The summed E-state index contributed by atoms with van der Waals surface area (Å²) in [6, 6.07) is 4.46. The van der Waals surface area contributed by atoms with Gasteiger partial charge in [0.1, 0.15) is 22.6 Å². The van der Waals surface area contributed by atoms with Crippen LogP contribution < -0.4 is 4.90 Å². The Balaban J connectivity index is 1.31. The molecule has 2 aliphatic rings. The van der Waals surface area contributed by atoms with E-state index < -0.39 is 11.7 Å². The summed E-state index contributed by atoms with van der Waals surface area (Å²) in [5.41, 5.74) is 0.593. The number of aryl methyl sites for hydroxylation is 1. The van der Waals surface area contributed by atoms with Crippen LogP contribution in [0.25, 0.3) is 11.3 Å². The van der Waals surface area contributed by atoms with Gasteiger partial charge in [0.2, 0.25) is 0 Å². The predicted octanol–water partition coefficient (Wildman–Crippen LogP) is 6.19. The number of piperazine rings is 1. The van der Waals surface area contributed by atoms with Gasteiger partial charge >= 0.3 is 12.1 Å². The third-order valence-corrected chi connectivity index (χ3v) is 10.1. The summed E-state index contributed by atoms with van der Waals surface area (Å²) >= 11 is 1.39. The first-order valence-corrected chi connectivity index (χ1v) is 17.2. The molecule has 4 heterocycles. The van der Waals surface area contributed by atoms with Crippen LogP contribution in [0.15, 0.2) is 30.6 Å². The van der Waals surface area contributed by atoms with Gasteiger partial charge in [-0.05, 0) is 58.2 Å². The molecule has 9 nitrogen and oxygen atoms in total. The molecule has 2 aromatic heterocycles. The highest BCUT2D eigenvalue weighted by atomic mass is 32.1. The van der Waals surface area contributed by atoms with Gasteiger partial charge in [-0.3, -0.25) is 19.4 Å². The van der Waals surface area contributed by atoms with Gasteiger partial charge in [-0.15, -0.1) is 11.3 Å². The molecule has 1 aromatic carbocycles. The standard InChI is InChI=1S/C34H43F3N6O3S/c1-5-8-25-9-7-12-43(25)21-29-32(24-11-10-22(3)26(17-24)34(35,36)37)40-31(47-29)18-28(44)27-19-39-30(20-38-27)42-15-13-41(14-16-42)23(4)33(45)46-6-2/h10-11,17,19-20,23,25H,5-9,12-16,18,21H2,1-4H3/t23?,25-/m1/s1. The minimum absolute atomic E-state index is 0.0213. The SMILES string of the molecule is CCC[C@@H]1CCCN1Cc1sc(CC(=O)c2cnc(N3CCN(C(C)C(=O)OCC)CC3)cn2)nc1-c1ccc(C)c(C(F)(F)F)c1. The molecule has 254 valence electrons. The molecule has 0 radical (unpaired) electrons. The average molecular weight is 673 g/mol. The Morgan fingerprint density at radius 2 is 1.85 bits per heavy atom. The van der Waals surface area contributed by atoms with E-state index in [0.717, 1.165) is 37.1 Å². The molecular weight excluding hydrogens is 629 g/mol. The molecule has 1 unspecified atom stereocenters. The fourth-order valence-corrected chi connectivity index (χ4v) is 7.55. The lowest BCUT2D eigenvalue weighted by Crippen LogP contribution is -2.52. The third kappa shape index (κ3) is 8.36. The number of Topliss-reactive ketones (excluding diaryl/α,β-unsaturated/α-hetero) is 1. The van der Waals surface area contributed by atoms with Crippen molar-refractivity contribution in [2.45, 2.75) is 84.6 Å². The number of likely N-dealkylation sites (tertiary alicyclic amines) is 1. The van der Waals surface area contributed by atoms with E-state index in [1.165, 1.54) is 36.6 Å². The largest absolute Gasteiger partial charge is 0.465 e. The summed E-state index contributed by atoms with van der Waals surface area (Å²) < 4.78 is 46.6. The molecule has 2 atom stereocenters. The quantitative estimate of drug-likeness (QED) is 0.165. The number of carbonyl (C=O) groups is 2.